The van der Waals surface area contributed by atoms with Crippen LogP contribution in [0.15, 0.2) is 28.7 Å². The SMILES string of the molecule is Nc1nc(CCl)nc(Nc2ccccc2Br)n1. The summed E-state index contributed by atoms with van der Waals surface area (Å²) in [5.74, 6) is 1.15. The molecule has 0 aliphatic heterocycles. The highest BCUT2D eigenvalue weighted by Crippen LogP contribution is 2.23. The number of rotatable bonds is 3. The number of halogens is 2. The molecule has 0 bridgehead atoms. The van der Waals surface area contributed by atoms with Crippen molar-refractivity contribution in [1.82, 2.24) is 15.0 Å². The smallest absolute Gasteiger partial charge is 0.232 e. The van der Waals surface area contributed by atoms with Gasteiger partial charge in [0, 0.05) is 4.47 Å². The average molecular weight is 315 g/mol. The van der Waals surface area contributed by atoms with Crippen molar-refractivity contribution in [3.05, 3.63) is 34.6 Å². The van der Waals surface area contributed by atoms with Gasteiger partial charge in [0.2, 0.25) is 11.9 Å². The Labute approximate surface area is 112 Å². The minimum absolute atomic E-state index is 0.144. The molecule has 17 heavy (non-hydrogen) atoms. The molecular formula is C10H9BrClN5. The molecule has 0 amide bonds. The summed E-state index contributed by atoms with van der Waals surface area (Å²) in [4.78, 5) is 12.0. The molecular weight excluding hydrogens is 306 g/mol. The molecule has 0 saturated heterocycles. The van der Waals surface area contributed by atoms with Gasteiger partial charge in [-0.1, -0.05) is 12.1 Å². The molecule has 0 fully saturated rings. The van der Waals surface area contributed by atoms with Crippen LogP contribution >= 0.6 is 27.5 Å². The first kappa shape index (κ1) is 12.1. The molecule has 5 nitrogen and oxygen atoms in total. The van der Waals surface area contributed by atoms with Crippen molar-refractivity contribution < 1.29 is 0 Å². The number of hydrogen-bond acceptors (Lipinski definition) is 5. The fourth-order valence-electron chi connectivity index (χ4n) is 1.24. The van der Waals surface area contributed by atoms with E-state index < -0.39 is 0 Å². The molecule has 1 aromatic carbocycles. The summed E-state index contributed by atoms with van der Waals surface area (Å²) < 4.78 is 0.909. The van der Waals surface area contributed by atoms with Crippen LogP contribution in [0.3, 0.4) is 0 Å². The fraction of sp³-hybridized carbons (Fsp3) is 0.100. The molecule has 2 rings (SSSR count). The summed E-state index contributed by atoms with van der Waals surface area (Å²) in [6.45, 7) is 0. The Morgan fingerprint density at radius 2 is 2.00 bits per heavy atom. The quantitative estimate of drug-likeness (QED) is 0.852. The molecule has 0 aliphatic rings. The van der Waals surface area contributed by atoms with Crippen LogP contribution in [0.2, 0.25) is 0 Å². The molecule has 0 saturated carbocycles. The number of nitrogen functional groups attached to an aromatic ring is 1. The maximum atomic E-state index is 5.66. The Kier molecular flexibility index (Phi) is 3.75. The predicted octanol–water partition coefficient (Wildman–Crippen LogP) is 2.70. The van der Waals surface area contributed by atoms with Gasteiger partial charge >= 0.3 is 0 Å². The van der Waals surface area contributed by atoms with Gasteiger partial charge in [0.15, 0.2) is 5.82 Å². The molecule has 0 radical (unpaired) electrons. The molecule has 1 heterocycles. The van der Waals surface area contributed by atoms with E-state index in [0.29, 0.717) is 11.8 Å². The van der Waals surface area contributed by atoms with E-state index in [9.17, 15) is 0 Å². The van der Waals surface area contributed by atoms with E-state index in [-0.39, 0.29) is 11.8 Å². The van der Waals surface area contributed by atoms with Crippen LogP contribution in [0.4, 0.5) is 17.6 Å². The van der Waals surface area contributed by atoms with Gasteiger partial charge in [-0.25, -0.2) is 0 Å². The zero-order valence-electron chi connectivity index (χ0n) is 8.69. The Hall–Kier alpha value is -1.40. The highest BCUT2D eigenvalue weighted by atomic mass is 79.9. The van der Waals surface area contributed by atoms with Gasteiger partial charge in [-0.2, -0.15) is 15.0 Å². The summed E-state index contributed by atoms with van der Waals surface area (Å²) in [5, 5.41) is 3.04. The summed E-state index contributed by atoms with van der Waals surface area (Å²) >= 11 is 9.08. The van der Waals surface area contributed by atoms with E-state index in [1.165, 1.54) is 0 Å². The highest BCUT2D eigenvalue weighted by molar-refractivity contribution is 9.10. The van der Waals surface area contributed by atoms with E-state index in [4.69, 9.17) is 17.3 Å². The first-order valence-corrected chi connectivity index (χ1v) is 6.09. The van der Waals surface area contributed by atoms with Gasteiger partial charge in [-0.05, 0) is 28.1 Å². The predicted molar refractivity (Wildman–Crippen MR) is 71.2 cm³/mol. The number of anilines is 3. The topological polar surface area (TPSA) is 76.7 Å². The number of nitrogens with zero attached hydrogens (tertiary/aromatic N) is 3. The lowest BCUT2D eigenvalue weighted by atomic mass is 10.3. The first-order valence-electron chi connectivity index (χ1n) is 4.77. The zero-order valence-corrected chi connectivity index (χ0v) is 11.0. The monoisotopic (exact) mass is 313 g/mol. The van der Waals surface area contributed by atoms with Crippen molar-refractivity contribution in [2.75, 3.05) is 11.1 Å². The lowest BCUT2D eigenvalue weighted by Gasteiger charge is -2.07. The minimum Gasteiger partial charge on any atom is -0.368 e. The Morgan fingerprint density at radius 1 is 1.24 bits per heavy atom. The first-order chi connectivity index (χ1) is 8.19. The van der Waals surface area contributed by atoms with Gasteiger partial charge in [-0.3, -0.25) is 0 Å². The van der Waals surface area contributed by atoms with Crippen LogP contribution in [-0.2, 0) is 5.88 Å². The molecule has 2 aromatic rings. The summed E-state index contributed by atoms with van der Waals surface area (Å²) in [6.07, 6.45) is 0. The van der Waals surface area contributed by atoms with Crippen LogP contribution in [0.5, 0.6) is 0 Å². The Bertz CT molecular complexity index is 534. The number of hydrogen-bond donors (Lipinski definition) is 2. The Balaban J connectivity index is 2.30. The third-order valence-electron chi connectivity index (χ3n) is 1.94. The summed E-state index contributed by atoms with van der Waals surface area (Å²) in [7, 11) is 0. The van der Waals surface area contributed by atoms with E-state index in [2.05, 4.69) is 36.2 Å². The van der Waals surface area contributed by atoms with Crippen molar-refractivity contribution in [1.29, 1.82) is 0 Å². The van der Waals surface area contributed by atoms with Crippen LogP contribution in [0.25, 0.3) is 0 Å². The number of benzene rings is 1. The molecule has 0 aliphatic carbocycles. The second kappa shape index (κ2) is 5.29. The summed E-state index contributed by atoms with van der Waals surface area (Å²) in [6, 6.07) is 7.63. The number of alkyl halides is 1. The molecule has 0 atom stereocenters. The van der Waals surface area contributed by atoms with Gasteiger partial charge in [-0.15, -0.1) is 11.6 Å². The van der Waals surface area contributed by atoms with E-state index in [0.717, 1.165) is 10.2 Å². The Morgan fingerprint density at radius 3 is 2.71 bits per heavy atom. The average Bonchev–Trinajstić information content (AvgIpc) is 2.31. The van der Waals surface area contributed by atoms with Gasteiger partial charge in [0.25, 0.3) is 0 Å². The lowest BCUT2D eigenvalue weighted by molar-refractivity contribution is 0.979. The lowest BCUT2D eigenvalue weighted by Crippen LogP contribution is -2.06. The van der Waals surface area contributed by atoms with E-state index in [1.54, 1.807) is 0 Å². The van der Waals surface area contributed by atoms with Crippen molar-refractivity contribution in [2.45, 2.75) is 5.88 Å². The third kappa shape index (κ3) is 3.04. The van der Waals surface area contributed by atoms with Crippen LogP contribution in [0, 0.1) is 0 Å². The minimum atomic E-state index is 0.144. The maximum absolute atomic E-state index is 5.66. The van der Waals surface area contributed by atoms with Gasteiger partial charge in [0.1, 0.15) is 0 Å². The molecule has 7 heteroatoms. The van der Waals surface area contributed by atoms with Crippen LogP contribution < -0.4 is 11.1 Å². The van der Waals surface area contributed by atoms with Crippen molar-refractivity contribution >= 4 is 45.1 Å². The number of aromatic nitrogens is 3. The zero-order chi connectivity index (χ0) is 12.3. The van der Waals surface area contributed by atoms with Crippen molar-refractivity contribution in [3.63, 3.8) is 0 Å². The molecule has 1 aromatic heterocycles. The van der Waals surface area contributed by atoms with Gasteiger partial charge < -0.3 is 11.1 Å². The molecule has 88 valence electrons. The van der Waals surface area contributed by atoms with Crippen LogP contribution in [0.1, 0.15) is 5.82 Å². The van der Waals surface area contributed by atoms with Crippen LogP contribution in [-0.4, -0.2) is 15.0 Å². The van der Waals surface area contributed by atoms with Crippen molar-refractivity contribution in [2.24, 2.45) is 0 Å². The number of nitrogens with two attached hydrogens (primary N) is 1. The van der Waals surface area contributed by atoms with Crippen molar-refractivity contribution in [3.8, 4) is 0 Å². The number of nitrogens with one attached hydrogen (secondary N) is 1. The largest absolute Gasteiger partial charge is 0.368 e. The summed E-state index contributed by atoms with van der Waals surface area (Å²) in [5.41, 5.74) is 6.40. The maximum Gasteiger partial charge on any atom is 0.232 e. The van der Waals surface area contributed by atoms with E-state index in [1.807, 2.05) is 24.3 Å². The van der Waals surface area contributed by atoms with E-state index >= 15 is 0 Å². The molecule has 3 N–H and O–H groups in total. The fourth-order valence-corrected chi connectivity index (χ4v) is 1.74. The van der Waals surface area contributed by atoms with Gasteiger partial charge in [0.05, 0.1) is 11.6 Å². The molecule has 0 unspecified atom stereocenters. The second-order valence-corrected chi connectivity index (χ2v) is 4.29. The second-order valence-electron chi connectivity index (χ2n) is 3.17. The highest BCUT2D eigenvalue weighted by Gasteiger charge is 2.05. The normalized spacial score (nSPS) is 10.2. The number of para-hydroxylation sites is 1. The third-order valence-corrected chi connectivity index (χ3v) is 2.87. The molecule has 0 spiro atoms. The standard InChI is InChI=1S/C10H9BrClN5/c11-6-3-1-2-4-7(6)14-10-16-8(5-12)15-9(13)17-10/h1-4H,5H2,(H3,13,14,15,16,17).